The highest BCUT2D eigenvalue weighted by Gasteiger charge is 2.50. The number of carboxylic acid groups (broad SMARTS) is 1. The van der Waals surface area contributed by atoms with Gasteiger partial charge in [-0.05, 0) is 175 Å². The molecule has 17 atom stereocenters. The molecule has 9 N–H and O–H groups in total. The molecule has 0 aromatic heterocycles. The number of hydrogen-bond acceptors (Lipinski definition) is 20. The van der Waals surface area contributed by atoms with E-state index in [1.165, 1.54) is 27.2 Å². The summed E-state index contributed by atoms with van der Waals surface area (Å²) in [7, 11) is 0. The molecule has 9 aliphatic rings. The Morgan fingerprint density at radius 1 is 0.372 bits per heavy atom. The highest BCUT2D eigenvalue weighted by molar-refractivity contribution is 7.82. The van der Waals surface area contributed by atoms with Gasteiger partial charge in [-0.3, -0.25) is 76.7 Å². The number of rotatable bonds is 30. The molecule has 31 nitrogen and oxygen atoms in total. The number of aliphatic carboxylic acids is 1. The predicted octanol–water partition coefficient (Wildman–Crippen LogP) is 5.71. The molecule has 8 saturated heterocycles. The van der Waals surface area contributed by atoms with Crippen LogP contribution in [-0.4, -0.2) is 285 Å². The van der Waals surface area contributed by atoms with E-state index >= 15 is 0 Å². The Labute approximate surface area is 885 Å². The third-order valence-corrected chi connectivity index (χ3v) is 26.6. The van der Waals surface area contributed by atoms with Crippen molar-refractivity contribution in [2.45, 2.75) is 342 Å². The maximum absolute atomic E-state index is 13.4. The van der Waals surface area contributed by atoms with Gasteiger partial charge in [-0.2, -0.15) is 239 Å². The zero-order valence-electron chi connectivity index (χ0n) is 76.1. The monoisotopic (exact) mass is 2160 g/mol. The average molecular weight is 2170 g/mol. The Morgan fingerprint density at radius 2 is 0.682 bits per heavy atom. The van der Waals surface area contributed by atoms with Gasteiger partial charge in [0.15, 0.2) is 5.78 Å². The minimum atomic E-state index is -0.978. The van der Waals surface area contributed by atoms with Crippen molar-refractivity contribution >= 4 is 334 Å². The van der Waals surface area contributed by atoms with Gasteiger partial charge in [0.25, 0.3) is 0 Å². The Balaban J connectivity index is -0.000000205. The first-order valence-electron chi connectivity index (χ1n) is 42.2. The number of carbonyl (C=O) groups excluding carboxylic acids is 15. The van der Waals surface area contributed by atoms with E-state index in [1.54, 1.807) is 46.1 Å². The SMILES string of the molecule is CCC(C)C(S)C(=O)N1CCCC1C(=O)N1CCCC1C(=O)NC(C)C(C)=O.CCCCC(S)C(=O)N1CCCC1C(=O)N1C(C)CCC1C(=O)NC(C)C(N)=O.CCCCC(S)C(=O)N1CCCC1C(=O)N1CCCC1C(=O)NC(C)C(N)=O.O=C(O)CCNC(=O)C1CCCN1C(=O)C1CCCN1C(=O)C(S)C1CCCCC1.S.S.S.S.S.S.S.S.S.S.S.S.S.S. The molecule has 8 aliphatic heterocycles. The highest BCUT2D eigenvalue weighted by atomic mass is 32.1. The van der Waals surface area contributed by atoms with Gasteiger partial charge in [0.05, 0.1) is 33.5 Å². The van der Waals surface area contributed by atoms with Gasteiger partial charge in [0, 0.05) is 58.4 Å². The van der Waals surface area contributed by atoms with Crippen molar-refractivity contribution in [2.24, 2.45) is 23.3 Å². The first kappa shape index (κ1) is 145. The van der Waals surface area contributed by atoms with Gasteiger partial charge < -0.3 is 77.0 Å². The zero-order chi connectivity index (χ0) is 85.2. The smallest absolute Gasteiger partial charge is 0.305 e. The van der Waals surface area contributed by atoms with Crippen molar-refractivity contribution in [2.75, 3.05) is 52.4 Å². The number of hydrogen-bond donors (Lipinski definition) is 11. The summed E-state index contributed by atoms with van der Waals surface area (Å²) in [4.78, 5) is 212. The van der Waals surface area contributed by atoms with Crippen molar-refractivity contribution in [3.05, 3.63) is 0 Å². The quantitative estimate of drug-likeness (QED) is 0.0384. The van der Waals surface area contributed by atoms with E-state index < -0.39 is 100.0 Å². The molecule has 760 valence electrons. The van der Waals surface area contributed by atoms with Crippen molar-refractivity contribution < 1.29 is 81.8 Å². The molecule has 1 saturated carbocycles. The fourth-order valence-corrected chi connectivity index (χ4v) is 18.4. The van der Waals surface area contributed by atoms with Gasteiger partial charge in [-0.25, -0.2) is 0 Å². The summed E-state index contributed by atoms with van der Waals surface area (Å²) >= 11 is 18.0. The van der Waals surface area contributed by atoms with Crippen LogP contribution in [0.2, 0.25) is 0 Å². The van der Waals surface area contributed by atoms with E-state index in [0.717, 1.165) is 96.3 Å². The number of carbonyl (C=O) groups is 16. The molecule has 129 heavy (non-hydrogen) atoms. The summed E-state index contributed by atoms with van der Waals surface area (Å²) in [5.41, 5.74) is 10.4. The summed E-state index contributed by atoms with van der Waals surface area (Å²) in [6.07, 6.45) is 21.9. The number of thiol groups is 4. The van der Waals surface area contributed by atoms with Crippen LogP contribution in [0, 0.1) is 11.8 Å². The number of likely N-dealkylation sites (tertiary alicyclic amines) is 8. The van der Waals surface area contributed by atoms with Crippen LogP contribution in [0.1, 0.15) is 249 Å². The Bertz CT molecular complexity index is 3460. The maximum atomic E-state index is 13.4. The van der Waals surface area contributed by atoms with Crippen molar-refractivity contribution in [1.29, 1.82) is 0 Å². The number of Topliss-reactive ketones (excluding diaryl/α,β-unsaturated/α-hetero) is 1. The average Bonchev–Trinajstić information content (AvgIpc) is 1.50. The number of nitrogens with two attached hydrogens (primary N) is 2. The molecule has 0 aromatic carbocycles. The number of nitrogens with zero attached hydrogens (tertiary/aromatic N) is 8. The number of amides is 14. The van der Waals surface area contributed by atoms with E-state index in [9.17, 15) is 76.7 Å². The first-order chi connectivity index (χ1) is 54.5. The highest BCUT2D eigenvalue weighted by Crippen LogP contribution is 2.36. The fourth-order valence-electron chi connectivity index (χ4n) is 16.9. The lowest BCUT2D eigenvalue weighted by molar-refractivity contribution is -0.148. The molecule has 14 amide bonds. The lowest BCUT2D eigenvalue weighted by atomic mass is 9.86. The second-order valence-electron chi connectivity index (χ2n) is 32.5. The summed E-state index contributed by atoms with van der Waals surface area (Å²) in [5, 5.41) is 17.6. The number of ketones is 1. The van der Waals surface area contributed by atoms with E-state index in [0.29, 0.717) is 123 Å². The molecule has 49 heteroatoms. The minimum absolute atomic E-state index is 0. The molecular formula is C80H160N14O17S18. The van der Waals surface area contributed by atoms with E-state index in [4.69, 9.17) is 16.6 Å². The van der Waals surface area contributed by atoms with Crippen LogP contribution in [0.25, 0.3) is 0 Å². The standard InChI is InChI=1S/C21H33N3O5S.C20H34N4O4S.C20H33N3O4S.C19H32N4O4S.14H2S/c25-17(26)10-11-22-19(27)15-8-4-12-23(15)20(28)16-9-5-13-24(16)21(29)18(30)14-6-2-1-3-7-14;1-4-5-8-16(29)20(28)23-11-6-7-15(23)19(27)24-12(2)9-10-14(24)18(26)22-13(3)17(21)25;1-5-12(2)17(28)20(27)23-11-7-9-16(23)19(26)22-10-6-8-15(22)18(25)21-13(3)14(4)24;1-3-4-9-15(28)19(27)23-11-6-8-14(23)18(26)22-10-5-7-13(22)17(25)21-12(2)16(20)24;;;;;;;;;;;;;;/h14-16,18,30H,1-13H2,(H,22,27)(H,25,26);12-16,29H,4-11H2,1-3H3,(H2,21,25)(H,22,26);12-13,15-17,28H,5-11H2,1-4H3,(H,21,25);12-15,28H,3-11H2,1-2H3,(H2,20,24)(H,21,25);14*1H2. The summed E-state index contributed by atoms with van der Waals surface area (Å²) in [5.74, 6) is -4.37. The van der Waals surface area contributed by atoms with Gasteiger partial charge in [0.1, 0.15) is 60.4 Å². The molecule has 17 unspecified atom stereocenters. The molecule has 9 rings (SSSR count). The van der Waals surface area contributed by atoms with Crippen LogP contribution >= 0.6 is 239 Å². The number of unbranched alkanes of at least 4 members (excludes halogenated alkanes) is 2. The third kappa shape index (κ3) is 41.2. The summed E-state index contributed by atoms with van der Waals surface area (Å²) < 4.78 is 0. The van der Waals surface area contributed by atoms with E-state index in [-0.39, 0.29) is 302 Å². The van der Waals surface area contributed by atoms with Crippen molar-refractivity contribution in [3.8, 4) is 0 Å². The number of nitrogens with one attached hydrogen (secondary N) is 4. The molecule has 9 fully saturated rings. The van der Waals surface area contributed by atoms with Crippen molar-refractivity contribution in [1.82, 2.24) is 60.5 Å². The summed E-state index contributed by atoms with van der Waals surface area (Å²) in [6.45, 7) is 19.8. The van der Waals surface area contributed by atoms with Crippen LogP contribution in [-0.2, 0) is 76.7 Å². The van der Waals surface area contributed by atoms with Crippen LogP contribution < -0.4 is 32.7 Å². The van der Waals surface area contributed by atoms with Crippen LogP contribution in [0.5, 0.6) is 0 Å². The largest absolute Gasteiger partial charge is 0.481 e. The topological polar surface area (TPSA) is 419 Å². The Hall–Kier alpha value is -1.98. The number of carboxylic acids is 1. The van der Waals surface area contributed by atoms with Gasteiger partial charge in [-0.1, -0.05) is 79.1 Å². The molecule has 0 radical (unpaired) electrons. The maximum Gasteiger partial charge on any atom is 0.305 e. The lowest BCUT2D eigenvalue weighted by Gasteiger charge is -2.34. The van der Waals surface area contributed by atoms with Crippen LogP contribution in [0.15, 0.2) is 0 Å². The second kappa shape index (κ2) is 72.3. The normalized spacial score (nSPS) is 22.7. The molecular weight excluding hydrogens is 2010 g/mol. The minimum Gasteiger partial charge on any atom is -0.481 e. The fraction of sp³-hybridized carbons (Fsp3) is 0.800. The van der Waals surface area contributed by atoms with Crippen molar-refractivity contribution in [3.63, 3.8) is 0 Å². The molecule has 0 bridgehead atoms. The Kier molecular flexibility index (Phi) is 81.2. The lowest BCUT2D eigenvalue weighted by Crippen LogP contribution is -2.57. The molecule has 0 spiro atoms. The van der Waals surface area contributed by atoms with Gasteiger partial charge in [-0.15, -0.1) is 0 Å². The van der Waals surface area contributed by atoms with E-state index in [2.05, 4.69) is 85.6 Å². The first-order valence-corrected chi connectivity index (χ1v) is 44.3. The second-order valence-corrected chi connectivity index (χ2v) is 34.9. The van der Waals surface area contributed by atoms with Gasteiger partial charge in [0.2, 0.25) is 82.7 Å². The Morgan fingerprint density at radius 3 is 1.02 bits per heavy atom. The molecule has 0 aromatic rings. The molecule has 8 heterocycles. The van der Waals surface area contributed by atoms with E-state index in [1.807, 2.05) is 20.8 Å². The van der Waals surface area contributed by atoms with Crippen LogP contribution in [0.4, 0.5) is 0 Å². The summed E-state index contributed by atoms with van der Waals surface area (Å²) in [6, 6.07) is -6.85. The predicted molar refractivity (Wildman–Crippen MR) is 591 cm³/mol. The van der Waals surface area contributed by atoms with Crippen LogP contribution in [0.3, 0.4) is 0 Å². The third-order valence-electron chi connectivity index (χ3n) is 24.2. The van der Waals surface area contributed by atoms with Gasteiger partial charge >= 0.3 is 5.97 Å². The molecule has 1 aliphatic carbocycles. The zero-order valence-corrected chi connectivity index (χ0v) is 93.6. The number of primary amides is 2.